The van der Waals surface area contributed by atoms with Crippen molar-refractivity contribution in [3.05, 3.63) is 77.1 Å². The number of aryl methyl sites for hydroxylation is 1. The molecular weight excluding hydrogens is 490 g/mol. The van der Waals surface area contributed by atoms with Gasteiger partial charge in [-0.1, -0.05) is 18.2 Å². The molecule has 2 aliphatic heterocycles. The summed E-state index contributed by atoms with van der Waals surface area (Å²) < 4.78 is 60.1. The minimum atomic E-state index is -4.61. The number of morpholine rings is 1. The van der Waals surface area contributed by atoms with Crippen LogP contribution in [0.4, 0.5) is 28.9 Å². The van der Waals surface area contributed by atoms with E-state index in [1.165, 1.54) is 0 Å². The SMILES string of the molecule is Cc1ccc(NC(=O)c2cncc(C(F)(F)F)c2)cc1-c1ccc2c(c1)N1CCOC[C@H]1[C@@](F)(CO)C2. The fourth-order valence-electron chi connectivity index (χ4n) is 5.00. The lowest BCUT2D eigenvalue weighted by Crippen LogP contribution is -2.62. The number of hydrogen-bond donors (Lipinski definition) is 2. The van der Waals surface area contributed by atoms with Gasteiger partial charge < -0.3 is 20.1 Å². The van der Waals surface area contributed by atoms with Crippen molar-refractivity contribution in [2.75, 3.05) is 36.6 Å². The quantitative estimate of drug-likeness (QED) is 0.489. The molecule has 0 spiro atoms. The van der Waals surface area contributed by atoms with Gasteiger partial charge in [-0.15, -0.1) is 0 Å². The van der Waals surface area contributed by atoms with Crippen LogP contribution in [-0.2, 0) is 17.3 Å². The first-order valence-corrected chi connectivity index (χ1v) is 11.8. The molecule has 2 atom stereocenters. The number of anilines is 2. The van der Waals surface area contributed by atoms with Crippen molar-refractivity contribution in [1.82, 2.24) is 4.98 Å². The Kier molecular flexibility index (Phi) is 6.41. The number of aromatic nitrogens is 1. The molecule has 194 valence electrons. The van der Waals surface area contributed by atoms with Gasteiger partial charge in [0.05, 0.1) is 37.0 Å². The molecule has 1 aromatic heterocycles. The van der Waals surface area contributed by atoms with E-state index in [-0.39, 0.29) is 18.6 Å². The van der Waals surface area contributed by atoms with E-state index >= 15 is 4.39 Å². The number of carbonyl (C=O) groups is 1. The van der Waals surface area contributed by atoms with Crippen LogP contribution in [-0.4, -0.2) is 54.1 Å². The minimum absolute atomic E-state index is 0.0732. The van der Waals surface area contributed by atoms with E-state index < -0.39 is 36.0 Å². The Balaban J connectivity index is 1.45. The maximum absolute atomic E-state index is 15.5. The number of fused-ring (bicyclic) bond motifs is 3. The Morgan fingerprint density at radius 1 is 1.22 bits per heavy atom. The lowest BCUT2D eigenvalue weighted by atomic mass is 9.82. The highest BCUT2D eigenvalue weighted by atomic mass is 19.4. The Morgan fingerprint density at radius 2 is 2.03 bits per heavy atom. The van der Waals surface area contributed by atoms with Gasteiger partial charge in [-0.05, 0) is 53.4 Å². The normalized spacial score (nSPS) is 21.2. The number of benzene rings is 2. The molecule has 37 heavy (non-hydrogen) atoms. The molecule has 1 saturated heterocycles. The van der Waals surface area contributed by atoms with Crippen molar-refractivity contribution < 1.29 is 32.2 Å². The third-order valence-electron chi connectivity index (χ3n) is 7.00. The van der Waals surface area contributed by atoms with Gasteiger partial charge in [0.25, 0.3) is 5.91 Å². The van der Waals surface area contributed by atoms with E-state index in [4.69, 9.17) is 4.74 Å². The molecule has 3 aromatic rings. The smallest absolute Gasteiger partial charge is 0.393 e. The number of nitrogens with zero attached hydrogens (tertiary/aromatic N) is 2. The van der Waals surface area contributed by atoms with E-state index in [0.29, 0.717) is 25.0 Å². The number of nitrogens with one attached hydrogen (secondary N) is 1. The van der Waals surface area contributed by atoms with Gasteiger partial charge in [-0.3, -0.25) is 9.78 Å². The lowest BCUT2D eigenvalue weighted by molar-refractivity contribution is -0.137. The van der Waals surface area contributed by atoms with Gasteiger partial charge in [0.2, 0.25) is 0 Å². The topological polar surface area (TPSA) is 74.7 Å². The van der Waals surface area contributed by atoms with Crippen molar-refractivity contribution in [1.29, 1.82) is 0 Å². The van der Waals surface area contributed by atoms with Gasteiger partial charge in [0, 0.05) is 36.7 Å². The van der Waals surface area contributed by atoms with Crippen LogP contribution < -0.4 is 10.2 Å². The van der Waals surface area contributed by atoms with Gasteiger partial charge in [-0.2, -0.15) is 13.2 Å². The van der Waals surface area contributed by atoms with Crippen molar-refractivity contribution in [2.24, 2.45) is 0 Å². The summed E-state index contributed by atoms with van der Waals surface area (Å²) in [6, 6.07) is 11.1. The number of carbonyl (C=O) groups excluding carboxylic acids is 1. The third kappa shape index (κ3) is 4.78. The zero-order chi connectivity index (χ0) is 26.4. The maximum Gasteiger partial charge on any atom is 0.417 e. The molecule has 2 N–H and O–H groups in total. The van der Waals surface area contributed by atoms with Crippen LogP contribution in [0.2, 0.25) is 0 Å². The molecule has 6 nitrogen and oxygen atoms in total. The van der Waals surface area contributed by atoms with Crippen LogP contribution in [0.3, 0.4) is 0 Å². The van der Waals surface area contributed by atoms with E-state index in [2.05, 4.69) is 10.3 Å². The molecular formula is C27H25F4N3O3. The van der Waals surface area contributed by atoms with Crippen LogP contribution in [0.15, 0.2) is 54.9 Å². The van der Waals surface area contributed by atoms with Gasteiger partial charge in [-0.25, -0.2) is 4.39 Å². The zero-order valence-electron chi connectivity index (χ0n) is 20.0. The maximum atomic E-state index is 15.5. The highest BCUT2D eigenvalue weighted by molar-refractivity contribution is 6.04. The monoisotopic (exact) mass is 515 g/mol. The van der Waals surface area contributed by atoms with Crippen LogP contribution in [0.25, 0.3) is 11.1 Å². The molecule has 2 aromatic carbocycles. The summed E-state index contributed by atoms with van der Waals surface area (Å²) in [6.07, 6.45) is -2.78. The highest BCUT2D eigenvalue weighted by Gasteiger charge is 2.48. The highest BCUT2D eigenvalue weighted by Crippen LogP contribution is 2.42. The molecule has 0 saturated carbocycles. The van der Waals surface area contributed by atoms with E-state index in [0.717, 1.165) is 40.2 Å². The Labute approximate surface area is 210 Å². The molecule has 2 aliphatic rings. The number of rotatable bonds is 4. The molecule has 10 heteroatoms. The first-order valence-electron chi connectivity index (χ1n) is 11.8. The first kappa shape index (κ1) is 25.2. The third-order valence-corrected chi connectivity index (χ3v) is 7.00. The number of aliphatic hydroxyl groups excluding tert-OH is 1. The summed E-state index contributed by atoms with van der Waals surface area (Å²) in [7, 11) is 0. The predicted octanol–water partition coefficient (Wildman–Crippen LogP) is 4.79. The Morgan fingerprint density at radius 3 is 2.78 bits per heavy atom. The standard InChI is InChI=1S/C27H25F4N3O3/c1-16-2-5-21(33-25(36)19-8-20(13-32-12-19)27(29,30)31)10-22(16)17-3-4-18-11-26(28,15-35)24-14-37-7-6-34(24)23(18)9-17/h2-5,8-10,12-13,24,35H,6-7,11,14-15H2,1H3,(H,33,36)/t24-,26-/m0/s1. The van der Waals surface area contributed by atoms with Gasteiger partial charge in [0.15, 0.2) is 5.67 Å². The molecule has 1 amide bonds. The first-order chi connectivity index (χ1) is 17.6. The van der Waals surface area contributed by atoms with Crippen LogP contribution in [0, 0.1) is 6.92 Å². The van der Waals surface area contributed by atoms with Gasteiger partial charge in [0.1, 0.15) is 0 Å². The molecule has 1 fully saturated rings. The number of ether oxygens (including phenoxy) is 1. The number of hydrogen-bond acceptors (Lipinski definition) is 5. The number of aliphatic hydroxyl groups is 1. The lowest BCUT2D eigenvalue weighted by Gasteiger charge is -2.48. The molecule has 0 aliphatic carbocycles. The van der Waals surface area contributed by atoms with E-state index in [9.17, 15) is 23.1 Å². The second-order valence-corrected chi connectivity index (χ2v) is 9.44. The predicted molar refractivity (Wildman–Crippen MR) is 130 cm³/mol. The average Bonchev–Trinajstić information content (AvgIpc) is 2.89. The second-order valence-electron chi connectivity index (χ2n) is 9.44. The van der Waals surface area contributed by atoms with Crippen LogP contribution in [0.1, 0.15) is 27.0 Å². The fourth-order valence-corrected chi connectivity index (χ4v) is 5.00. The fraction of sp³-hybridized carbons (Fsp3) is 0.333. The largest absolute Gasteiger partial charge is 0.417 e. The van der Waals surface area contributed by atoms with Crippen molar-refractivity contribution in [3.8, 4) is 11.1 Å². The molecule has 5 rings (SSSR count). The second kappa shape index (κ2) is 9.42. The summed E-state index contributed by atoms with van der Waals surface area (Å²) in [5.74, 6) is -0.710. The number of amides is 1. The van der Waals surface area contributed by atoms with E-state index in [1.54, 1.807) is 12.1 Å². The number of halogens is 4. The van der Waals surface area contributed by atoms with E-state index in [1.807, 2.05) is 36.1 Å². The summed E-state index contributed by atoms with van der Waals surface area (Å²) in [6.45, 7) is 2.44. The van der Waals surface area contributed by atoms with Crippen LogP contribution in [0.5, 0.6) is 0 Å². The summed E-state index contributed by atoms with van der Waals surface area (Å²) in [5.41, 5.74) is 1.64. The summed E-state index contributed by atoms with van der Waals surface area (Å²) in [4.78, 5) is 18.2. The van der Waals surface area contributed by atoms with Crippen molar-refractivity contribution in [2.45, 2.75) is 31.2 Å². The van der Waals surface area contributed by atoms with Crippen molar-refractivity contribution >= 4 is 17.3 Å². The zero-order valence-corrected chi connectivity index (χ0v) is 20.0. The molecule has 0 unspecified atom stereocenters. The Bertz CT molecular complexity index is 1350. The Hall–Kier alpha value is -3.50. The average molecular weight is 516 g/mol. The van der Waals surface area contributed by atoms with Crippen LogP contribution >= 0.6 is 0 Å². The summed E-state index contributed by atoms with van der Waals surface area (Å²) >= 11 is 0. The minimum Gasteiger partial charge on any atom is -0.393 e. The molecule has 3 heterocycles. The summed E-state index contributed by atoms with van der Waals surface area (Å²) in [5, 5.41) is 12.4. The van der Waals surface area contributed by atoms with Gasteiger partial charge >= 0.3 is 6.18 Å². The number of alkyl halides is 4. The number of pyridine rings is 1. The molecule has 0 bridgehead atoms. The van der Waals surface area contributed by atoms with Crippen molar-refractivity contribution in [3.63, 3.8) is 0 Å². The molecule has 0 radical (unpaired) electrons.